The zero-order chi connectivity index (χ0) is 17.4. The Morgan fingerprint density at radius 3 is 2.24 bits per heavy atom. The van der Waals surface area contributed by atoms with Gasteiger partial charge in [0.25, 0.3) is 5.91 Å². The first-order valence-corrected chi connectivity index (χ1v) is 9.07. The molecule has 3 saturated heterocycles. The van der Waals surface area contributed by atoms with Crippen LogP contribution in [0.15, 0.2) is 24.3 Å². The molecule has 1 aromatic carbocycles. The molecule has 2 atom stereocenters. The number of nitrogens with zero attached hydrogens (tertiary/aromatic N) is 1. The van der Waals surface area contributed by atoms with Crippen molar-refractivity contribution in [3.8, 4) is 0 Å². The summed E-state index contributed by atoms with van der Waals surface area (Å²) in [5.41, 5.74) is 1.48. The number of amides is 3. The molecule has 6 heteroatoms. The average molecular weight is 341 g/mol. The van der Waals surface area contributed by atoms with Gasteiger partial charge in [-0.1, -0.05) is 12.1 Å². The highest BCUT2D eigenvalue weighted by atomic mass is 16.2. The molecule has 3 amide bonds. The lowest BCUT2D eigenvalue weighted by molar-refractivity contribution is -0.139. The summed E-state index contributed by atoms with van der Waals surface area (Å²) in [5, 5.41) is 6.72. The Morgan fingerprint density at radius 1 is 1.04 bits per heavy atom. The molecule has 4 rings (SSSR count). The van der Waals surface area contributed by atoms with Gasteiger partial charge in [-0.05, 0) is 43.4 Å². The second-order valence-corrected chi connectivity index (χ2v) is 7.35. The number of imide groups is 1. The van der Waals surface area contributed by atoms with Gasteiger partial charge in [-0.3, -0.25) is 19.3 Å². The molecule has 0 radical (unpaired) electrons. The molecular formula is C19H23N3O3. The lowest BCUT2D eigenvalue weighted by Gasteiger charge is -2.29. The molecule has 0 aromatic heterocycles. The van der Waals surface area contributed by atoms with Gasteiger partial charge in [0, 0.05) is 36.5 Å². The van der Waals surface area contributed by atoms with E-state index in [1.54, 1.807) is 12.1 Å². The van der Waals surface area contributed by atoms with Crippen molar-refractivity contribution in [3.63, 3.8) is 0 Å². The maximum atomic E-state index is 12.5. The Hall–Kier alpha value is -2.21. The Morgan fingerprint density at radius 2 is 1.64 bits per heavy atom. The van der Waals surface area contributed by atoms with Crippen LogP contribution in [-0.4, -0.2) is 40.7 Å². The number of hydrogen-bond acceptors (Lipinski definition) is 4. The van der Waals surface area contributed by atoms with E-state index in [4.69, 9.17) is 0 Å². The van der Waals surface area contributed by atoms with E-state index in [0.717, 1.165) is 18.4 Å². The first-order valence-electron chi connectivity index (χ1n) is 9.07. The zero-order valence-electron chi connectivity index (χ0n) is 14.2. The van der Waals surface area contributed by atoms with E-state index in [9.17, 15) is 14.4 Å². The smallest absolute Gasteiger partial charge is 0.251 e. The fraction of sp³-hybridized carbons (Fsp3) is 0.526. The number of hydrogen-bond donors (Lipinski definition) is 2. The van der Waals surface area contributed by atoms with E-state index in [-0.39, 0.29) is 30.3 Å². The van der Waals surface area contributed by atoms with Crippen LogP contribution < -0.4 is 10.6 Å². The molecule has 0 spiro atoms. The van der Waals surface area contributed by atoms with Crippen LogP contribution >= 0.6 is 0 Å². The molecule has 3 aliphatic heterocycles. The van der Waals surface area contributed by atoms with Gasteiger partial charge < -0.3 is 10.6 Å². The summed E-state index contributed by atoms with van der Waals surface area (Å²) in [6.45, 7) is 0.289. The number of carbonyl (C=O) groups excluding carboxylic acids is 3. The molecule has 3 fully saturated rings. The highest BCUT2D eigenvalue weighted by Gasteiger charge is 2.34. The van der Waals surface area contributed by atoms with E-state index in [0.29, 0.717) is 30.5 Å². The number of nitrogens with one attached hydrogen (secondary N) is 2. The van der Waals surface area contributed by atoms with Crippen LogP contribution in [-0.2, 0) is 16.1 Å². The summed E-state index contributed by atoms with van der Waals surface area (Å²) in [5.74, 6) is -0.286. The summed E-state index contributed by atoms with van der Waals surface area (Å²) in [6.07, 6.45) is 5.02. The number of carbonyl (C=O) groups is 3. The summed E-state index contributed by atoms with van der Waals surface area (Å²) in [7, 11) is 0. The van der Waals surface area contributed by atoms with Gasteiger partial charge >= 0.3 is 0 Å². The SMILES string of the molecule is O=C(NC1CC2CCC(C1)N2)c1ccc(CN2C(=O)CCC2=O)cc1. The van der Waals surface area contributed by atoms with Crippen LogP contribution in [0.3, 0.4) is 0 Å². The predicted molar refractivity (Wildman–Crippen MR) is 91.7 cm³/mol. The summed E-state index contributed by atoms with van der Waals surface area (Å²) in [4.78, 5) is 37.1. The molecule has 25 heavy (non-hydrogen) atoms. The van der Waals surface area contributed by atoms with Crippen molar-refractivity contribution in [1.82, 2.24) is 15.5 Å². The maximum absolute atomic E-state index is 12.5. The standard InChI is InChI=1S/C19H23N3O3/c23-17-7-8-18(24)22(17)11-12-1-3-13(4-2-12)19(25)21-16-9-14-5-6-15(10-16)20-14/h1-4,14-16,20H,5-11H2,(H,21,25). The van der Waals surface area contributed by atoms with Crippen LogP contribution in [0, 0.1) is 0 Å². The molecule has 132 valence electrons. The largest absolute Gasteiger partial charge is 0.349 e. The molecule has 1 aromatic rings. The topological polar surface area (TPSA) is 78.5 Å². The lowest BCUT2D eigenvalue weighted by Crippen LogP contribution is -2.48. The van der Waals surface area contributed by atoms with Gasteiger partial charge in [-0.15, -0.1) is 0 Å². The molecule has 0 aliphatic carbocycles. The summed E-state index contributed by atoms with van der Waals surface area (Å²) in [6, 6.07) is 8.51. The Kier molecular flexibility index (Phi) is 4.29. The van der Waals surface area contributed by atoms with E-state index in [1.165, 1.54) is 17.7 Å². The molecule has 3 heterocycles. The van der Waals surface area contributed by atoms with Crippen molar-refractivity contribution < 1.29 is 14.4 Å². The predicted octanol–water partition coefficient (Wildman–Crippen LogP) is 1.35. The number of rotatable bonds is 4. The molecule has 2 N–H and O–H groups in total. The lowest BCUT2D eigenvalue weighted by atomic mass is 9.99. The zero-order valence-corrected chi connectivity index (χ0v) is 14.2. The van der Waals surface area contributed by atoms with Gasteiger partial charge in [-0.2, -0.15) is 0 Å². The van der Waals surface area contributed by atoms with E-state index in [1.807, 2.05) is 12.1 Å². The van der Waals surface area contributed by atoms with Crippen LogP contribution in [0.5, 0.6) is 0 Å². The molecule has 3 aliphatic rings. The van der Waals surface area contributed by atoms with E-state index >= 15 is 0 Å². The highest BCUT2D eigenvalue weighted by molar-refractivity contribution is 6.01. The third-order valence-corrected chi connectivity index (χ3v) is 5.52. The van der Waals surface area contributed by atoms with Crippen molar-refractivity contribution in [2.45, 2.75) is 63.2 Å². The summed E-state index contributed by atoms with van der Waals surface area (Å²) < 4.78 is 0. The fourth-order valence-corrected chi connectivity index (χ4v) is 4.19. The second-order valence-electron chi connectivity index (χ2n) is 7.35. The normalized spacial score (nSPS) is 28.5. The van der Waals surface area contributed by atoms with Crippen LogP contribution in [0.25, 0.3) is 0 Å². The van der Waals surface area contributed by atoms with Gasteiger partial charge in [0.15, 0.2) is 0 Å². The monoisotopic (exact) mass is 341 g/mol. The van der Waals surface area contributed by atoms with Crippen molar-refractivity contribution >= 4 is 17.7 Å². The van der Waals surface area contributed by atoms with Gasteiger partial charge in [-0.25, -0.2) is 0 Å². The van der Waals surface area contributed by atoms with Crippen molar-refractivity contribution in [1.29, 1.82) is 0 Å². The van der Waals surface area contributed by atoms with Crippen LogP contribution in [0.4, 0.5) is 0 Å². The molecular weight excluding hydrogens is 318 g/mol. The number of benzene rings is 1. The van der Waals surface area contributed by atoms with E-state index < -0.39 is 0 Å². The van der Waals surface area contributed by atoms with Gasteiger partial charge in [0.2, 0.25) is 11.8 Å². The van der Waals surface area contributed by atoms with Crippen molar-refractivity contribution in [2.24, 2.45) is 0 Å². The molecule has 2 unspecified atom stereocenters. The number of likely N-dealkylation sites (tertiary alicyclic amines) is 1. The molecule has 0 saturated carbocycles. The fourth-order valence-electron chi connectivity index (χ4n) is 4.19. The first-order chi connectivity index (χ1) is 12.1. The second kappa shape index (κ2) is 6.59. The minimum atomic E-state index is -0.118. The minimum Gasteiger partial charge on any atom is -0.349 e. The number of piperidine rings is 1. The number of fused-ring (bicyclic) bond motifs is 2. The van der Waals surface area contributed by atoms with E-state index in [2.05, 4.69) is 10.6 Å². The molecule has 6 nitrogen and oxygen atoms in total. The molecule has 2 bridgehead atoms. The van der Waals surface area contributed by atoms with Crippen molar-refractivity contribution in [3.05, 3.63) is 35.4 Å². The average Bonchev–Trinajstić information content (AvgIpc) is 3.11. The maximum Gasteiger partial charge on any atom is 0.251 e. The van der Waals surface area contributed by atoms with Crippen LogP contribution in [0.1, 0.15) is 54.4 Å². The Bertz CT molecular complexity index is 672. The van der Waals surface area contributed by atoms with Gasteiger partial charge in [0.05, 0.1) is 6.54 Å². The third-order valence-electron chi connectivity index (χ3n) is 5.52. The van der Waals surface area contributed by atoms with Gasteiger partial charge in [0.1, 0.15) is 0 Å². The first kappa shape index (κ1) is 16.3. The quantitative estimate of drug-likeness (QED) is 0.811. The summed E-state index contributed by atoms with van der Waals surface area (Å²) >= 11 is 0. The third kappa shape index (κ3) is 3.44. The Balaban J connectivity index is 1.35. The minimum absolute atomic E-state index is 0.0498. The highest BCUT2D eigenvalue weighted by Crippen LogP contribution is 2.27. The Labute approximate surface area is 147 Å². The van der Waals surface area contributed by atoms with Crippen molar-refractivity contribution in [2.75, 3.05) is 0 Å². The van der Waals surface area contributed by atoms with Crippen LogP contribution in [0.2, 0.25) is 0 Å².